The zero-order valence-electron chi connectivity index (χ0n) is 16.9. The molecule has 16 heteroatoms. The van der Waals surface area contributed by atoms with Gasteiger partial charge in [0.25, 0.3) is 0 Å². The lowest BCUT2D eigenvalue weighted by Gasteiger charge is -2.43. The molecule has 0 aliphatic carbocycles. The number of unbranched alkanes of at least 4 members (excludes halogenated alkanes) is 3. The second-order valence-corrected chi connectivity index (χ2v) is 7.56. The SMILES string of the molecule is O=C(OCCCCCCN1C[C@H](O)[C@@H](O)[C@@H](O)[C@H]1CO)C(F)(F)C(F)(F)C(F)(F)C(F)(F)F. The third kappa shape index (κ3) is 6.21. The van der Waals surface area contributed by atoms with Crippen molar-refractivity contribution in [1.29, 1.82) is 0 Å². The number of alkyl halides is 9. The number of aliphatic hydroxyl groups is 4. The first kappa shape index (κ1) is 29.7. The zero-order valence-corrected chi connectivity index (χ0v) is 16.9. The molecule has 4 N–H and O–H groups in total. The van der Waals surface area contributed by atoms with Crippen molar-refractivity contribution in [3.05, 3.63) is 0 Å². The van der Waals surface area contributed by atoms with Crippen LogP contribution in [0.15, 0.2) is 0 Å². The Labute approximate surface area is 181 Å². The fraction of sp³-hybridized carbons (Fsp3) is 0.941. The normalized spacial score (nSPS) is 25.8. The summed E-state index contributed by atoms with van der Waals surface area (Å²) in [4.78, 5) is 12.6. The van der Waals surface area contributed by atoms with E-state index >= 15 is 0 Å². The van der Waals surface area contributed by atoms with Gasteiger partial charge in [0.15, 0.2) is 0 Å². The number of likely N-dealkylation sites (tertiary alicyclic amines) is 1. The van der Waals surface area contributed by atoms with Crippen molar-refractivity contribution >= 4 is 5.97 Å². The maximum Gasteiger partial charge on any atom is 0.460 e. The van der Waals surface area contributed by atoms with Gasteiger partial charge in [-0.15, -0.1) is 0 Å². The number of ether oxygens (including phenoxy) is 1. The Kier molecular flexibility index (Phi) is 9.82. The minimum atomic E-state index is -7.18. The summed E-state index contributed by atoms with van der Waals surface area (Å²) >= 11 is 0. The largest absolute Gasteiger partial charge is 0.461 e. The number of piperidine rings is 1. The maximum absolute atomic E-state index is 13.3. The van der Waals surface area contributed by atoms with E-state index in [1.807, 2.05) is 0 Å². The van der Waals surface area contributed by atoms with Crippen LogP contribution in [-0.4, -0.2) is 106 Å². The molecule has 4 atom stereocenters. The molecule has 196 valence electrons. The molecular formula is C17H24F9NO6. The summed E-state index contributed by atoms with van der Waals surface area (Å²) < 4.78 is 118. The first-order valence-corrected chi connectivity index (χ1v) is 9.70. The smallest absolute Gasteiger partial charge is 0.460 e. The van der Waals surface area contributed by atoms with Gasteiger partial charge in [-0.2, -0.15) is 39.5 Å². The molecule has 1 aliphatic rings. The van der Waals surface area contributed by atoms with Crippen molar-refractivity contribution in [3.63, 3.8) is 0 Å². The number of halogens is 9. The highest BCUT2D eigenvalue weighted by atomic mass is 19.4. The molecule has 0 aromatic carbocycles. The van der Waals surface area contributed by atoms with Gasteiger partial charge in [0.05, 0.1) is 25.4 Å². The number of esters is 1. The van der Waals surface area contributed by atoms with E-state index in [0.717, 1.165) is 0 Å². The zero-order chi connectivity index (χ0) is 25.8. The Morgan fingerprint density at radius 3 is 1.91 bits per heavy atom. The molecule has 1 fully saturated rings. The first-order chi connectivity index (χ1) is 14.9. The molecule has 7 nitrogen and oxygen atoms in total. The lowest BCUT2D eigenvalue weighted by Crippen LogP contribution is -2.63. The molecule has 0 saturated carbocycles. The quantitative estimate of drug-likeness (QED) is 0.189. The Morgan fingerprint density at radius 2 is 1.39 bits per heavy atom. The molecular weight excluding hydrogens is 485 g/mol. The molecule has 1 rings (SSSR count). The number of nitrogens with zero attached hydrogens (tertiary/aromatic N) is 1. The van der Waals surface area contributed by atoms with Crippen molar-refractivity contribution in [2.75, 3.05) is 26.3 Å². The number of β-amino-alcohol motifs (C(OH)–C–C–N with tert-alkyl or cyclic N) is 1. The minimum absolute atomic E-state index is 0.0626. The van der Waals surface area contributed by atoms with Crippen molar-refractivity contribution < 1.29 is 69.5 Å². The van der Waals surface area contributed by atoms with Gasteiger partial charge in [-0.1, -0.05) is 12.8 Å². The Hall–Kier alpha value is -1.36. The second kappa shape index (κ2) is 10.9. The average molecular weight is 509 g/mol. The number of hydrogen-bond donors (Lipinski definition) is 4. The van der Waals surface area contributed by atoms with Crippen LogP contribution >= 0.6 is 0 Å². The Morgan fingerprint density at radius 1 is 0.848 bits per heavy atom. The van der Waals surface area contributed by atoms with Crippen LogP contribution in [0.2, 0.25) is 0 Å². The van der Waals surface area contributed by atoms with Gasteiger partial charge in [-0.05, 0) is 19.4 Å². The van der Waals surface area contributed by atoms with Crippen molar-refractivity contribution in [2.24, 2.45) is 0 Å². The predicted molar refractivity (Wildman–Crippen MR) is 90.8 cm³/mol. The summed E-state index contributed by atoms with van der Waals surface area (Å²) in [7, 11) is 0. The standard InChI is InChI=1S/C17H24F9NO6/c18-14(19,15(20,21)16(22,23)17(24,25)26)13(32)33-6-4-2-1-3-5-27-7-10(29)12(31)11(30)9(27)8-28/h9-12,28-31H,1-8H2/t9-,10+,11+,12-/m1/s1. The van der Waals surface area contributed by atoms with Crippen LogP contribution in [0.1, 0.15) is 25.7 Å². The van der Waals surface area contributed by atoms with Crippen LogP contribution in [0, 0.1) is 0 Å². The summed E-state index contributed by atoms with van der Waals surface area (Å²) in [6.07, 6.45) is -10.6. The van der Waals surface area contributed by atoms with Gasteiger partial charge >= 0.3 is 29.9 Å². The van der Waals surface area contributed by atoms with Crippen molar-refractivity contribution in [1.82, 2.24) is 4.90 Å². The van der Waals surface area contributed by atoms with Crippen LogP contribution in [0.3, 0.4) is 0 Å². The van der Waals surface area contributed by atoms with Crippen molar-refractivity contribution in [3.8, 4) is 0 Å². The fourth-order valence-corrected chi connectivity index (χ4v) is 3.16. The van der Waals surface area contributed by atoms with E-state index in [0.29, 0.717) is 12.8 Å². The third-order valence-corrected chi connectivity index (χ3v) is 5.19. The average Bonchev–Trinajstić information content (AvgIpc) is 2.70. The molecule has 0 aromatic heterocycles. The topological polar surface area (TPSA) is 110 Å². The van der Waals surface area contributed by atoms with Gasteiger partial charge in [-0.25, -0.2) is 4.79 Å². The second-order valence-electron chi connectivity index (χ2n) is 7.56. The fourth-order valence-electron chi connectivity index (χ4n) is 3.16. The monoisotopic (exact) mass is 509 g/mol. The highest BCUT2D eigenvalue weighted by molar-refractivity contribution is 5.79. The molecule has 0 radical (unpaired) electrons. The van der Waals surface area contributed by atoms with E-state index in [9.17, 15) is 64.7 Å². The minimum Gasteiger partial charge on any atom is -0.461 e. The van der Waals surface area contributed by atoms with Crippen molar-refractivity contribution in [2.45, 2.75) is 74.0 Å². The highest BCUT2D eigenvalue weighted by Gasteiger charge is 2.84. The number of carbonyl (C=O) groups excluding carboxylic acids is 1. The third-order valence-electron chi connectivity index (χ3n) is 5.19. The lowest BCUT2D eigenvalue weighted by molar-refractivity contribution is -0.390. The summed E-state index contributed by atoms with van der Waals surface area (Å²) in [6, 6.07) is -0.858. The van der Waals surface area contributed by atoms with Crippen LogP contribution in [0.25, 0.3) is 0 Å². The van der Waals surface area contributed by atoms with Gasteiger partial charge < -0.3 is 25.2 Å². The van der Waals surface area contributed by atoms with Crippen LogP contribution < -0.4 is 0 Å². The van der Waals surface area contributed by atoms with E-state index < -0.39 is 67.5 Å². The van der Waals surface area contributed by atoms with Crippen LogP contribution in [0.5, 0.6) is 0 Å². The number of aliphatic hydroxyl groups excluding tert-OH is 4. The van der Waals surface area contributed by atoms with E-state index in [1.165, 1.54) is 4.90 Å². The Balaban J connectivity index is 2.45. The van der Waals surface area contributed by atoms with E-state index in [1.54, 1.807) is 0 Å². The van der Waals surface area contributed by atoms with E-state index in [2.05, 4.69) is 4.74 Å². The Bertz CT molecular complexity index is 649. The highest BCUT2D eigenvalue weighted by Crippen LogP contribution is 2.53. The molecule has 0 bridgehead atoms. The van der Waals surface area contributed by atoms with E-state index in [4.69, 9.17) is 0 Å². The van der Waals surface area contributed by atoms with Gasteiger partial charge in [0.1, 0.15) is 12.2 Å². The molecule has 0 aromatic rings. The van der Waals surface area contributed by atoms with Gasteiger partial charge in [0, 0.05) is 6.54 Å². The van der Waals surface area contributed by atoms with Gasteiger partial charge in [0.2, 0.25) is 0 Å². The number of carbonyl (C=O) groups is 1. The van der Waals surface area contributed by atoms with Gasteiger partial charge in [-0.3, -0.25) is 4.90 Å². The molecule has 1 aliphatic heterocycles. The first-order valence-electron chi connectivity index (χ1n) is 9.70. The lowest BCUT2D eigenvalue weighted by atomic mass is 9.94. The predicted octanol–water partition coefficient (Wildman–Crippen LogP) is 1.32. The summed E-state index contributed by atoms with van der Waals surface area (Å²) in [5, 5.41) is 38.4. The molecule has 1 heterocycles. The summed E-state index contributed by atoms with van der Waals surface area (Å²) in [5.74, 6) is -23.9. The van der Waals surface area contributed by atoms with Crippen LogP contribution in [-0.2, 0) is 9.53 Å². The van der Waals surface area contributed by atoms with Crippen LogP contribution in [0.4, 0.5) is 39.5 Å². The molecule has 0 amide bonds. The summed E-state index contributed by atoms with van der Waals surface area (Å²) in [5.41, 5.74) is 0. The molecule has 0 spiro atoms. The maximum atomic E-state index is 13.3. The molecule has 0 unspecified atom stereocenters. The number of rotatable bonds is 11. The summed E-state index contributed by atoms with van der Waals surface area (Å²) in [6.45, 7) is -1.32. The molecule has 1 saturated heterocycles. The number of hydrogen-bond acceptors (Lipinski definition) is 7. The molecule has 33 heavy (non-hydrogen) atoms. The van der Waals surface area contributed by atoms with E-state index in [-0.39, 0.29) is 25.9 Å².